The van der Waals surface area contributed by atoms with Gasteiger partial charge >= 0.3 is 0 Å². The molecule has 0 unspecified atom stereocenters. The molecule has 6 nitrogen and oxygen atoms in total. The van der Waals surface area contributed by atoms with Gasteiger partial charge in [-0.1, -0.05) is 45.0 Å². The summed E-state index contributed by atoms with van der Waals surface area (Å²) < 4.78 is 5.37. The van der Waals surface area contributed by atoms with Gasteiger partial charge in [-0.3, -0.25) is 4.79 Å². The zero-order valence-electron chi connectivity index (χ0n) is 19.5. The van der Waals surface area contributed by atoms with E-state index in [4.69, 9.17) is 9.73 Å². The minimum absolute atomic E-state index is 0. The Kier molecular flexibility index (Phi) is 10.1. The van der Waals surface area contributed by atoms with E-state index in [1.807, 2.05) is 4.90 Å². The topological polar surface area (TPSA) is 57.2 Å². The van der Waals surface area contributed by atoms with Crippen LogP contribution in [0.1, 0.15) is 51.7 Å². The molecule has 0 aliphatic carbocycles. The second-order valence-electron chi connectivity index (χ2n) is 9.32. The molecule has 2 heterocycles. The van der Waals surface area contributed by atoms with Crippen molar-refractivity contribution in [2.75, 3.05) is 45.9 Å². The normalized spacial score (nSPS) is 18.5. The van der Waals surface area contributed by atoms with Crippen molar-refractivity contribution in [3.63, 3.8) is 0 Å². The number of nitrogens with zero attached hydrogens (tertiary/aromatic N) is 3. The number of benzene rings is 1. The summed E-state index contributed by atoms with van der Waals surface area (Å²) in [4.78, 5) is 21.9. The summed E-state index contributed by atoms with van der Waals surface area (Å²) in [5, 5.41) is 3.43. The first-order valence-corrected chi connectivity index (χ1v) is 11.4. The van der Waals surface area contributed by atoms with E-state index >= 15 is 0 Å². The molecule has 174 valence electrons. The van der Waals surface area contributed by atoms with E-state index in [2.05, 4.69) is 62.2 Å². The van der Waals surface area contributed by atoms with Crippen molar-refractivity contribution in [3.8, 4) is 0 Å². The predicted molar refractivity (Wildman–Crippen MR) is 137 cm³/mol. The molecule has 3 rings (SSSR count). The number of carbonyl (C=O) groups excluding carboxylic acids is 1. The third-order valence-corrected chi connectivity index (χ3v) is 6.03. The highest BCUT2D eigenvalue weighted by Crippen LogP contribution is 2.23. The molecule has 0 aromatic heterocycles. The Labute approximate surface area is 204 Å². The van der Waals surface area contributed by atoms with Crippen LogP contribution in [0.5, 0.6) is 0 Å². The molecule has 1 aromatic rings. The molecule has 2 saturated heterocycles. The van der Waals surface area contributed by atoms with Crippen molar-refractivity contribution in [2.45, 2.75) is 52.5 Å². The lowest BCUT2D eigenvalue weighted by atomic mass is 9.87. The van der Waals surface area contributed by atoms with Crippen LogP contribution in [0.3, 0.4) is 0 Å². The maximum Gasteiger partial charge on any atom is 0.225 e. The molecule has 1 amide bonds. The molecule has 0 saturated carbocycles. The van der Waals surface area contributed by atoms with Gasteiger partial charge in [0, 0.05) is 38.6 Å². The lowest BCUT2D eigenvalue weighted by Gasteiger charge is -2.36. The number of rotatable bonds is 4. The fraction of sp³-hybridized carbons (Fsp3) is 0.667. The number of ether oxygens (including phenoxy) is 1. The van der Waals surface area contributed by atoms with Crippen molar-refractivity contribution < 1.29 is 9.53 Å². The largest absolute Gasteiger partial charge is 0.378 e. The van der Waals surface area contributed by atoms with E-state index in [1.165, 1.54) is 11.1 Å². The molecular formula is C24H39IN4O2. The van der Waals surface area contributed by atoms with Gasteiger partial charge in [0.1, 0.15) is 0 Å². The third-order valence-electron chi connectivity index (χ3n) is 6.03. The van der Waals surface area contributed by atoms with Gasteiger partial charge in [-0.15, -0.1) is 24.0 Å². The summed E-state index contributed by atoms with van der Waals surface area (Å²) in [6, 6.07) is 8.78. The van der Waals surface area contributed by atoms with Gasteiger partial charge in [0.05, 0.1) is 19.8 Å². The van der Waals surface area contributed by atoms with Gasteiger partial charge in [-0.2, -0.15) is 0 Å². The molecular weight excluding hydrogens is 503 g/mol. The summed E-state index contributed by atoms with van der Waals surface area (Å²) in [7, 11) is 0. The second kappa shape index (κ2) is 12.0. The number of piperidine rings is 1. The van der Waals surface area contributed by atoms with E-state index in [9.17, 15) is 4.79 Å². The Hall–Kier alpha value is -1.35. The number of carbonyl (C=O) groups is 1. The lowest BCUT2D eigenvalue weighted by Crippen LogP contribution is -2.50. The Morgan fingerprint density at radius 3 is 2.23 bits per heavy atom. The number of halogens is 1. The van der Waals surface area contributed by atoms with Gasteiger partial charge in [0.2, 0.25) is 5.91 Å². The molecule has 31 heavy (non-hydrogen) atoms. The minimum Gasteiger partial charge on any atom is -0.378 e. The van der Waals surface area contributed by atoms with Crippen molar-refractivity contribution in [1.29, 1.82) is 0 Å². The Morgan fingerprint density at radius 1 is 1.06 bits per heavy atom. The highest BCUT2D eigenvalue weighted by molar-refractivity contribution is 14.0. The molecule has 1 N–H and O–H groups in total. The van der Waals surface area contributed by atoms with E-state index in [-0.39, 0.29) is 35.3 Å². The number of morpholine rings is 1. The van der Waals surface area contributed by atoms with Gasteiger partial charge < -0.3 is 19.9 Å². The number of hydrogen-bond donors (Lipinski definition) is 1. The smallest absolute Gasteiger partial charge is 0.225 e. The van der Waals surface area contributed by atoms with Crippen molar-refractivity contribution in [3.05, 3.63) is 35.4 Å². The van der Waals surface area contributed by atoms with Crippen LogP contribution in [0.15, 0.2) is 29.3 Å². The van der Waals surface area contributed by atoms with Crippen LogP contribution in [0.25, 0.3) is 0 Å². The third kappa shape index (κ3) is 7.34. The van der Waals surface area contributed by atoms with E-state index in [0.29, 0.717) is 25.7 Å². The zero-order chi connectivity index (χ0) is 21.6. The molecule has 7 heteroatoms. The minimum atomic E-state index is 0. The standard InChI is InChI=1S/C24H38N4O2.HI/c1-5-25-23(26-18-19-6-8-21(9-7-19)24(2,3)4)28-12-10-20(11-13-28)22(29)27-14-16-30-17-15-27;/h6-9,20H,5,10-18H2,1-4H3,(H,25,26);1H. The van der Waals surface area contributed by atoms with Crippen molar-refractivity contribution >= 4 is 35.8 Å². The van der Waals surface area contributed by atoms with Crippen LogP contribution in [-0.4, -0.2) is 67.6 Å². The van der Waals surface area contributed by atoms with E-state index in [0.717, 1.165) is 51.5 Å². The first kappa shape index (κ1) is 25.9. The van der Waals surface area contributed by atoms with Crippen LogP contribution >= 0.6 is 24.0 Å². The van der Waals surface area contributed by atoms with Crippen molar-refractivity contribution in [2.24, 2.45) is 10.9 Å². The van der Waals surface area contributed by atoms with E-state index < -0.39 is 0 Å². The molecule has 0 bridgehead atoms. The van der Waals surface area contributed by atoms with Gasteiger partial charge in [-0.25, -0.2) is 4.99 Å². The number of likely N-dealkylation sites (tertiary alicyclic amines) is 1. The maximum atomic E-state index is 12.8. The molecule has 2 fully saturated rings. The Morgan fingerprint density at radius 2 is 1.68 bits per heavy atom. The first-order chi connectivity index (χ1) is 14.4. The quantitative estimate of drug-likeness (QED) is 0.359. The highest BCUT2D eigenvalue weighted by atomic mass is 127. The van der Waals surface area contributed by atoms with Crippen LogP contribution in [0.4, 0.5) is 0 Å². The monoisotopic (exact) mass is 542 g/mol. The van der Waals surface area contributed by atoms with Gasteiger partial charge in [0.25, 0.3) is 0 Å². The summed E-state index contributed by atoms with van der Waals surface area (Å²) in [6.07, 6.45) is 1.78. The summed E-state index contributed by atoms with van der Waals surface area (Å²) >= 11 is 0. The number of hydrogen-bond acceptors (Lipinski definition) is 3. The SMILES string of the molecule is CCNC(=NCc1ccc(C(C)(C)C)cc1)N1CCC(C(=O)N2CCOCC2)CC1.I. The Bertz CT molecular complexity index is 716. The highest BCUT2D eigenvalue weighted by Gasteiger charge is 2.30. The fourth-order valence-electron chi connectivity index (χ4n) is 4.08. The molecule has 1 aromatic carbocycles. The number of guanidine groups is 1. The summed E-state index contributed by atoms with van der Waals surface area (Å²) in [5.74, 6) is 1.39. The number of amides is 1. The second-order valence-corrected chi connectivity index (χ2v) is 9.32. The van der Waals surface area contributed by atoms with Crippen LogP contribution in [-0.2, 0) is 21.5 Å². The first-order valence-electron chi connectivity index (χ1n) is 11.4. The molecule has 0 spiro atoms. The fourth-order valence-corrected chi connectivity index (χ4v) is 4.08. The zero-order valence-corrected chi connectivity index (χ0v) is 21.9. The van der Waals surface area contributed by atoms with Crippen molar-refractivity contribution in [1.82, 2.24) is 15.1 Å². The Balaban J connectivity index is 0.00000341. The van der Waals surface area contributed by atoms with Gasteiger partial charge in [0.15, 0.2) is 5.96 Å². The van der Waals surface area contributed by atoms with Crippen LogP contribution < -0.4 is 5.32 Å². The summed E-state index contributed by atoms with van der Waals surface area (Å²) in [6.45, 7) is 14.8. The summed E-state index contributed by atoms with van der Waals surface area (Å²) in [5.41, 5.74) is 2.73. The molecule has 0 radical (unpaired) electrons. The maximum absolute atomic E-state index is 12.8. The van der Waals surface area contributed by atoms with Crippen LogP contribution in [0.2, 0.25) is 0 Å². The molecule has 0 atom stereocenters. The number of nitrogens with one attached hydrogen (secondary N) is 1. The lowest BCUT2D eigenvalue weighted by molar-refractivity contribution is -0.140. The predicted octanol–water partition coefficient (Wildman–Crippen LogP) is 3.64. The number of aliphatic imine (C=N–C) groups is 1. The molecule has 2 aliphatic rings. The van der Waals surface area contributed by atoms with Crippen LogP contribution in [0, 0.1) is 5.92 Å². The average Bonchev–Trinajstić information content (AvgIpc) is 2.76. The van der Waals surface area contributed by atoms with E-state index in [1.54, 1.807) is 0 Å². The average molecular weight is 543 g/mol. The molecule has 2 aliphatic heterocycles. The van der Waals surface area contributed by atoms with Gasteiger partial charge in [-0.05, 0) is 36.3 Å².